The average Bonchev–Trinajstić information content (AvgIpc) is 2.91. The quantitative estimate of drug-likeness (QED) is 0.654. The molecule has 0 spiro atoms. The predicted molar refractivity (Wildman–Crippen MR) is 82.4 cm³/mol. The lowest BCUT2D eigenvalue weighted by Crippen LogP contribution is -2.30. The maximum atomic E-state index is 9.19. The number of oxime groups is 1. The highest BCUT2D eigenvalue weighted by Gasteiger charge is 2.21. The first-order valence-electron chi connectivity index (χ1n) is 6.96. The number of fused-ring (bicyclic) bond motifs is 1. The SMILES string of the molecule is OB(O)c1ccc2c(c1)CC/C2=N/OCc1ccccc1. The van der Waals surface area contributed by atoms with E-state index in [4.69, 9.17) is 4.84 Å². The Balaban J connectivity index is 1.70. The van der Waals surface area contributed by atoms with Crippen molar-refractivity contribution in [3.63, 3.8) is 0 Å². The molecule has 3 rings (SSSR count). The van der Waals surface area contributed by atoms with E-state index in [0.717, 1.165) is 35.2 Å². The van der Waals surface area contributed by atoms with Crippen molar-refractivity contribution in [1.82, 2.24) is 0 Å². The highest BCUT2D eigenvalue weighted by atomic mass is 16.6. The van der Waals surface area contributed by atoms with Gasteiger partial charge in [-0.25, -0.2) is 0 Å². The summed E-state index contributed by atoms with van der Waals surface area (Å²) in [5, 5.41) is 22.6. The molecule has 2 aromatic rings. The number of hydrogen-bond acceptors (Lipinski definition) is 4. The summed E-state index contributed by atoms with van der Waals surface area (Å²) in [4.78, 5) is 5.43. The van der Waals surface area contributed by atoms with Crippen LogP contribution in [0.15, 0.2) is 53.7 Å². The van der Waals surface area contributed by atoms with Gasteiger partial charge in [-0.1, -0.05) is 53.7 Å². The van der Waals surface area contributed by atoms with Gasteiger partial charge in [0.05, 0.1) is 5.71 Å². The fourth-order valence-corrected chi connectivity index (χ4v) is 2.50. The first-order valence-corrected chi connectivity index (χ1v) is 6.96. The zero-order valence-electron chi connectivity index (χ0n) is 11.6. The van der Waals surface area contributed by atoms with Gasteiger partial charge in [-0.2, -0.15) is 0 Å². The number of benzene rings is 2. The van der Waals surface area contributed by atoms with E-state index in [1.807, 2.05) is 42.5 Å². The van der Waals surface area contributed by atoms with Gasteiger partial charge in [0.1, 0.15) is 6.61 Å². The Morgan fingerprint density at radius 3 is 2.62 bits per heavy atom. The van der Waals surface area contributed by atoms with Crippen molar-refractivity contribution in [2.24, 2.45) is 5.16 Å². The number of nitrogens with zero attached hydrogens (tertiary/aromatic N) is 1. The van der Waals surface area contributed by atoms with E-state index in [1.54, 1.807) is 6.07 Å². The minimum atomic E-state index is -1.43. The second-order valence-corrected chi connectivity index (χ2v) is 5.09. The highest BCUT2D eigenvalue weighted by molar-refractivity contribution is 6.58. The zero-order valence-corrected chi connectivity index (χ0v) is 11.6. The lowest BCUT2D eigenvalue weighted by molar-refractivity contribution is 0.130. The van der Waals surface area contributed by atoms with Crippen molar-refractivity contribution in [2.75, 3.05) is 0 Å². The molecule has 4 nitrogen and oxygen atoms in total. The van der Waals surface area contributed by atoms with E-state index < -0.39 is 7.12 Å². The molecule has 0 aliphatic heterocycles. The molecular formula is C16H16BNO3. The van der Waals surface area contributed by atoms with Gasteiger partial charge in [0.15, 0.2) is 0 Å². The third-order valence-corrected chi connectivity index (χ3v) is 3.62. The van der Waals surface area contributed by atoms with Crippen molar-refractivity contribution in [2.45, 2.75) is 19.4 Å². The van der Waals surface area contributed by atoms with Crippen LogP contribution in [0.1, 0.15) is 23.1 Å². The Kier molecular flexibility index (Phi) is 4.04. The average molecular weight is 281 g/mol. The fraction of sp³-hybridized carbons (Fsp3) is 0.188. The van der Waals surface area contributed by atoms with Crippen LogP contribution < -0.4 is 5.46 Å². The van der Waals surface area contributed by atoms with E-state index in [1.165, 1.54) is 0 Å². The van der Waals surface area contributed by atoms with Crippen molar-refractivity contribution in [3.05, 3.63) is 65.2 Å². The number of rotatable bonds is 4. The van der Waals surface area contributed by atoms with Crippen LogP contribution in [0.25, 0.3) is 0 Å². The molecule has 0 aromatic heterocycles. The van der Waals surface area contributed by atoms with Crippen LogP contribution in [-0.4, -0.2) is 22.9 Å². The van der Waals surface area contributed by atoms with E-state index in [2.05, 4.69) is 5.16 Å². The smallest absolute Gasteiger partial charge is 0.423 e. The summed E-state index contributed by atoms with van der Waals surface area (Å²) in [6, 6.07) is 15.3. The van der Waals surface area contributed by atoms with Crippen LogP contribution >= 0.6 is 0 Å². The maximum Gasteiger partial charge on any atom is 0.488 e. The van der Waals surface area contributed by atoms with Crippen LogP contribution in [0.4, 0.5) is 0 Å². The Morgan fingerprint density at radius 1 is 1.05 bits per heavy atom. The largest absolute Gasteiger partial charge is 0.488 e. The summed E-state index contributed by atoms with van der Waals surface area (Å²) in [7, 11) is -1.43. The Morgan fingerprint density at radius 2 is 1.86 bits per heavy atom. The van der Waals surface area contributed by atoms with Crippen LogP contribution in [0.5, 0.6) is 0 Å². The van der Waals surface area contributed by atoms with Crippen molar-refractivity contribution >= 4 is 18.3 Å². The van der Waals surface area contributed by atoms with Gasteiger partial charge in [-0.3, -0.25) is 0 Å². The topological polar surface area (TPSA) is 62.0 Å². The van der Waals surface area contributed by atoms with Gasteiger partial charge in [-0.05, 0) is 29.4 Å². The molecule has 0 saturated carbocycles. The Bertz CT molecular complexity index is 656. The summed E-state index contributed by atoms with van der Waals surface area (Å²) in [5.74, 6) is 0. The monoisotopic (exact) mass is 281 g/mol. The Hall–Kier alpha value is -2.11. The van der Waals surface area contributed by atoms with Gasteiger partial charge in [0.2, 0.25) is 0 Å². The lowest BCUT2D eigenvalue weighted by Gasteiger charge is -2.04. The predicted octanol–water partition coefficient (Wildman–Crippen LogP) is 1.23. The number of hydrogen-bond donors (Lipinski definition) is 2. The van der Waals surface area contributed by atoms with Crippen molar-refractivity contribution in [3.8, 4) is 0 Å². The molecule has 0 amide bonds. The number of aryl methyl sites for hydroxylation is 1. The lowest BCUT2D eigenvalue weighted by atomic mass is 9.79. The maximum absolute atomic E-state index is 9.19. The van der Waals surface area contributed by atoms with Crippen molar-refractivity contribution in [1.29, 1.82) is 0 Å². The molecule has 0 fully saturated rings. The van der Waals surface area contributed by atoms with E-state index in [9.17, 15) is 10.0 Å². The molecule has 5 heteroatoms. The molecule has 2 N–H and O–H groups in total. The van der Waals surface area contributed by atoms with Crippen LogP contribution in [0.3, 0.4) is 0 Å². The highest BCUT2D eigenvalue weighted by Crippen LogP contribution is 2.22. The normalized spacial score (nSPS) is 15.0. The molecule has 106 valence electrons. The van der Waals surface area contributed by atoms with E-state index >= 15 is 0 Å². The summed E-state index contributed by atoms with van der Waals surface area (Å²) in [6.45, 7) is 0.451. The first kappa shape index (κ1) is 13.9. The molecular weight excluding hydrogens is 265 g/mol. The van der Waals surface area contributed by atoms with Crippen LogP contribution in [0.2, 0.25) is 0 Å². The van der Waals surface area contributed by atoms with Gasteiger partial charge in [0, 0.05) is 5.56 Å². The molecule has 1 aliphatic carbocycles. The van der Waals surface area contributed by atoms with Crippen LogP contribution in [0, 0.1) is 0 Å². The zero-order chi connectivity index (χ0) is 14.7. The van der Waals surface area contributed by atoms with Gasteiger partial charge in [0.25, 0.3) is 0 Å². The molecule has 0 radical (unpaired) electrons. The molecule has 0 unspecified atom stereocenters. The van der Waals surface area contributed by atoms with Gasteiger partial charge in [-0.15, -0.1) is 0 Å². The minimum Gasteiger partial charge on any atom is -0.423 e. The molecule has 2 aromatic carbocycles. The second kappa shape index (κ2) is 6.12. The first-order chi connectivity index (χ1) is 10.2. The molecule has 0 bridgehead atoms. The second-order valence-electron chi connectivity index (χ2n) is 5.09. The summed E-state index contributed by atoms with van der Waals surface area (Å²) in [5.41, 5.74) is 4.63. The summed E-state index contributed by atoms with van der Waals surface area (Å²) in [6.07, 6.45) is 1.67. The molecule has 0 atom stereocenters. The summed E-state index contributed by atoms with van der Waals surface area (Å²) >= 11 is 0. The minimum absolute atomic E-state index is 0.451. The van der Waals surface area contributed by atoms with Gasteiger partial charge < -0.3 is 14.9 Å². The fourth-order valence-electron chi connectivity index (χ4n) is 2.50. The molecule has 21 heavy (non-hydrogen) atoms. The van der Waals surface area contributed by atoms with Gasteiger partial charge >= 0.3 is 7.12 Å². The standard InChI is InChI=1S/C16H16BNO3/c19-17(20)14-7-8-15-13(10-14)6-9-16(15)18-21-11-12-4-2-1-3-5-12/h1-5,7-8,10,19-20H,6,9,11H2/b18-16-. The van der Waals surface area contributed by atoms with Crippen molar-refractivity contribution < 1.29 is 14.9 Å². The molecule has 0 saturated heterocycles. The Labute approximate surface area is 123 Å². The summed E-state index contributed by atoms with van der Waals surface area (Å²) < 4.78 is 0. The van der Waals surface area contributed by atoms with Crippen LogP contribution in [-0.2, 0) is 17.9 Å². The third kappa shape index (κ3) is 3.15. The molecule has 1 aliphatic rings. The molecule has 0 heterocycles. The van der Waals surface area contributed by atoms with E-state index in [0.29, 0.717) is 12.1 Å². The van der Waals surface area contributed by atoms with E-state index in [-0.39, 0.29) is 0 Å². The third-order valence-electron chi connectivity index (χ3n) is 3.62.